The largest absolute Gasteiger partial charge is 0.480 e. The number of azide groups is 1. The maximum Gasteiger partial charge on any atom is 0.326 e. The third-order valence-electron chi connectivity index (χ3n) is 2.47. The van der Waals surface area contributed by atoms with E-state index < -0.39 is 12.0 Å². The van der Waals surface area contributed by atoms with E-state index in [1.165, 1.54) is 0 Å². The van der Waals surface area contributed by atoms with Crippen LogP contribution in [0.15, 0.2) is 17.6 Å². The van der Waals surface area contributed by atoms with Gasteiger partial charge in [-0.05, 0) is 25.4 Å². The van der Waals surface area contributed by atoms with Crippen LogP contribution in [0.5, 0.6) is 0 Å². The third-order valence-corrected chi connectivity index (χ3v) is 2.47. The Morgan fingerprint density at radius 2 is 2.56 bits per heavy atom. The van der Waals surface area contributed by atoms with Crippen LogP contribution in [0.2, 0.25) is 0 Å². The van der Waals surface area contributed by atoms with Crippen LogP contribution in [0, 0.1) is 0 Å². The fourth-order valence-electron chi connectivity index (χ4n) is 1.59. The lowest BCUT2D eigenvalue weighted by molar-refractivity contribution is -0.139. The van der Waals surface area contributed by atoms with E-state index in [0.717, 1.165) is 0 Å². The van der Waals surface area contributed by atoms with Crippen molar-refractivity contribution in [3.63, 3.8) is 0 Å². The first kappa shape index (κ1) is 14.0. The van der Waals surface area contributed by atoms with Crippen LogP contribution in [-0.2, 0) is 11.3 Å². The van der Waals surface area contributed by atoms with E-state index in [0.29, 0.717) is 31.7 Å². The molecule has 1 atom stereocenters. The van der Waals surface area contributed by atoms with Crippen LogP contribution in [-0.4, -0.2) is 33.7 Å². The van der Waals surface area contributed by atoms with Crippen LogP contribution in [0.3, 0.4) is 0 Å². The second-order valence-corrected chi connectivity index (χ2v) is 3.64. The molecule has 8 nitrogen and oxygen atoms in total. The SMILES string of the molecule is CCn1cncc1C(NCCCN=[N+]=[N-])C(=O)O. The molecular formula is C10H16N6O2. The summed E-state index contributed by atoms with van der Waals surface area (Å²) in [5, 5.41) is 15.5. The Morgan fingerprint density at radius 3 is 3.17 bits per heavy atom. The number of carboxylic acid groups (broad SMARTS) is 1. The van der Waals surface area contributed by atoms with E-state index in [9.17, 15) is 9.90 Å². The van der Waals surface area contributed by atoms with Crippen molar-refractivity contribution in [1.82, 2.24) is 14.9 Å². The van der Waals surface area contributed by atoms with Gasteiger partial charge in [-0.2, -0.15) is 0 Å². The predicted molar refractivity (Wildman–Crippen MR) is 64.9 cm³/mol. The molecule has 0 amide bonds. The molecule has 1 rings (SSSR count). The molecule has 0 radical (unpaired) electrons. The van der Waals surface area contributed by atoms with Crippen molar-refractivity contribution in [2.24, 2.45) is 5.11 Å². The molecule has 1 aromatic heterocycles. The molecule has 0 fully saturated rings. The molecule has 18 heavy (non-hydrogen) atoms. The highest BCUT2D eigenvalue weighted by molar-refractivity contribution is 5.74. The number of hydrogen-bond donors (Lipinski definition) is 2. The van der Waals surface area contributed by atoms with Crippen molar-refractivity contribution in [1.29, 1.82) is 0 Å². The van der Waals surface area contributed by atoms with Crippen molar-refractivity contribution in [2.75, 3.05) is 13.1 Å². The molecule has 2 N–H and O–H groups in total. The molecule has 0 aliphatic carbocycles. The lowest BCUT2D eigenvalue weighted by Gasteiger charge is -2.15. The van der Waals surface area contributed by atoms with Crippen LogP contribution in [0.25, 0.3) is 10.4 Å². The summed E-state index contributed by atoms with van der Waals surface area (Å²) in [6.07, 6.45) is 3.74. The van der Waals surface area contributed by atoms with Gasteiger partial charge in [0.1, 0.15) is 6.04 Å². The van der Waals surface area contributed by atoms with Gasteiger partial charge in [-0.15, -0.1) is 0 Å². The molecule has 0 aliphatic rings. The van der Waals surface area contributed by atoms with E-state index in [2.05, 4.69) is 20.3 Å². The van der Waals surface area contributed by atoms with E-state index in [1.807, 2.05) is 6.92 Å². The number of aliphatic carboxylic acids is 1. The second-order valence-electron chi connectivity index (χ2n) is 3.64. The zero-order valence-electron chi connectivity index (χ0n) is 10.2. The zero-order chi connectivity index (χ0) is 13.4. The standard InChI is InChI=1S/C10H16N6O2/c1-2-16-7-12-6-8(16)9(10(17)18)13-4-3-5-14-15-11/h6-7,9,13H,2-5H2,1H3,(H,17,18). The van der Waals surface area contributed by atoms with Gasteiger partial charge in [0.05, 0.1) is 18.2 Å². The lowest BCUT2D eigenvalue weighted by Crippen LogP contribution is -2.31. The molecule has 98 valence electrons. The quantitative estimate of drug-likeness (QED) is 0.314. The molecule has 0 bridgehead atoms. The minimum absolute atomic E-state index is 0.350. The van der Waals surface area contributed by atoms with Crippen LogP contribution < -0.4 is 5.32 Å². The van der Waals surface area contributed by atoms with Crippen molar-refractivity contribution in [3.8, 4) is 0 Å². The van der Waals surface area contributed by atoms with E-state index in [-0.39, 0.29) is 0 Å². The fourth-order valence-corrected chi connectivity index (χ4v) is 1.59. The zero-order valence-corrected chi connectivity index (χ0v) is 10.2. The van der Waals surface area contributed by atoms with Gasteiger partial charge in [-0.3, -0.25) is 10.1 Å². The highest BCUT2D eigenvalue weighted by atomic mass is 16.4. The van der Waals surface area contributed by atoms with Gasteiger partial charge < -0.3 is 9.67 Å². The Kier molecular flexibility index (Phi) is 5.69. The van der Waals surface area contributed by atoms with Gasteiger partial charge in [-0.25, -0.2) is 4.98 Å². The third kappa shape index (κ3) is 3.76. The number of hydrogen-bond acceptors (Lipinski definition) is 4. The van der Waals surface area contributed by atoms with Crippen molar-refractivity contribution in [3.05, 3.63) is 28.7 Å². The Bertz CT molecular complexity index is 437. The normalized spacial score (nSPS) is 11.8. The Balaban J connectivity index is 2.60. The molecule has 0 spiro atoms. The number of nitrogens with zero attached hydrogens (tertiary/aromatic N) is 5. The summed E-state index contributed by atoms with van der Waals surface area (Å²) in [5.74, 6) is -0.950. The molecule has 8 heteroatoms. The van der Waals surface area contributed by atoms with Crippen molar-refractivity contribution >= 4 is 5.97 Å². The summed E-state index contributed by atoms with van der Waals surface area (Å²) < 4.78 is 1.78. The summed E-state index contributed by atoms with van der Waals surface area (Å²) >= 11 is 0. The van der Waals surface area contributed by atoms with Gasteiger partial charge in [-0.1, -0.05) is 5.11 Å². The number of aryl methyl sites for hydroxylation is 1. The summed E-state index contributed by atoms with van der Waals surface area (Å²) in [6, 6.07) is -0.793. The van der Waals surface area contributed by atoms with Crippen LogP contribution in [0.4, 0.5) is 0 Å². The molecule has 1 aromatic rings. The number of nitrogens with one attached hydrogen (secondary N) is 1. The second kappa shape index (κ2) is 7.31. The van der Waals surface area contributed by atoms with Crippen LogP contribution >= 0.6 is 0 Å². The molecule has 1 unspecified atom stereocenters. The highest BCUT2D eigenvalue weighted by Gasteiger charge is 2.22. The number of carboxylic acids is 1. The molecular weight excluding hydrogens is 236 g/mol. The predicted octanol–water partition coefficient (Wildman–Crippen LogP) is 1.32. The number of rotatable bonds is 8. The van der Waals surface area contributed by atoms with Gasteiger partial charge >= 0.3 is 5.97 Å². The monoisotopic (exact) mass is 252 g/mol. The summed E-state index contributed by atoms with van der Waals surface area (Å²) in [4.78, 5) is 17.8. The maximum absolute atomic E-state index is 11.2. The minimum Gasteiger partial charge on any atom is -0.480 e. The van der Waals surface area contributed by atoms with Crippen LogP contribution in [0.1, 0.15) is 25.1 Å². The smallest absolute Gasteiger partial charge is 0.326 e. The summed E-state index contributed by atoms with van der Waals surface area (Å²) in [6.45, 7) is 3.40. The number of imidazole rings is 1. The van der Waals surface area contributed by atoms with Crippen molar-refractivity contribution < 1.29 is 9.90 Å². The summed E-state index contributed by atoms with van der Waals surface area (Å²) in [7, 11) is 0. The molecule has 0 saturated heterocycles. The Hall–Kier alpha value is -2.05. The topological polar surface area (TPSA) is 116 Å². The number of carbonyl (C=O) groups is 1. The molecule has 0 saturated carbocycles. The first-order valence-electron chi connectivity index (χ1n) is 5.67. The van der Waals surface area contributed by atoms with Gasteiger partial charge in [0, 0.05) is 18.0 Å². The van der Waals surface area contributed by atoms with E-state index in [4.69, 9.17) is 5.53 Å². The lowest BCUT2D eigenvalue weighted by atomic mass is 10.2. The summed E-state index contributed by atoms with van der Waals surface area (Å²) in [5.41, 5.74) is 8.73. The Labute approximate surface area is 104 Å². The van der Waals surface area contributed by atoms with Gasteiger partial charge in [0.25, 0.3) is 0 Å². The molecule has 0 aromatic carbocycles. The minimum atomic E-state index is -0.950. The first-order valence-corrected chi connectivity index (χ1v) is 5.67. The first-order chi connectivity index (χ1) is 8.70. The maximum atomic E-state index is 11.2. The highest BCUT2D eigenvalue weighted by Crippen LogP contribution is 2.12. The molecule has 1 heterocycles. The van der Waals surface area contributed by atoms with Gasteiger partial charge in [0.15, 0.2) is 0 Å². The molecule has 0 aliphatic heterocycles. The van der Waals surface area contributed by atoms with Gasteiger partial charge in [0.2, 0.25) is 0 Å². The van der Waals surface area contributed by atoms with E-state index >= 15 is 0 Å². The number of aromatic nitrogens is 2. The average Bonchev–Trinajstić information content (AvgIpc) is 2.81. The fraction of sp³-hybridized carbons (Fsp3) is 0.600. The van der Waals surface area contributed by atoms with E-state index in [1.54, 1.807) is 17.1 Å². The van der Waals surface area contributed by atoms with Crippen molar-refractivity contribution in [2.45, 2.75) is 25.9 Å². The average molecular weight is 252 g/mol. The Morgan fingerprint density at radius 1 is 1.78 bits per heavy atom.